The van der Waals surface area contributed by atoms with Gasteiger partial charge in [0.1, 0.15) is 5.75 Å². The SMILES string of the molecule is CCOc1ccc(-n2nc(C(=O)N(C)C3CCCCC3)c3ccccc3c2=O)cc1. The zero-order chi connectivity index (χ0) is 21.1. The molecule has 1 saturated carbocycles. The first-order chi connectivity index (χ1) is 14.6. The van der Waals surface area contributed by atoms with E-state index in [4.69, 9.17) is 4.74 Å². The molecule has 0 atom stereocenters. The average Bonchev–Trinajstić information content (AvgIpc) is 2.80. The molecule has 30 heavy (non-hydrogen) atoms. The van der Waals surface area contributed by atoms with Crippen molar-refractivity contribution in [3.63, 3.8) is 0 Å². The van der Waals surface area contributed by atoms with Gasteiger partial charge in [-0.25, -0.2) is 0 Å². The molecule has 0 radical (unpaired) electrons. The molecule has 1 aromatic heterocycles. The Labute approximate surface area is 176 Å². The summed E-state index contributed by atoms with van der Waals surface area (Å²) in [6.07, 6.45) is 5.53. The first kappa shape index (κ1) is 20.1. The van der Waals surface area contributed by atoms with E-state index in [1.807, 2.05) is 26.1 Å². The summed E-state index contributed by atoms with van der Waals surface area (Å²) in [4.78, 5) is 28.4. The predicted octanol–water partition coefficient (Wildman–Crippen LogP) is 4.19. The lowest BCUT2D eigenvalue weighted by atomic mass is 9.94. The number of hydrogen-bond acceptors (Lipinski definition) is 4. The van der Waals surface area contributed by atoms with Gasteiger partial charge in [0.2, 0.25) is 0 Å². The second kappa shape index (κ2) is 8.69. The molecule has 1 heterocycles. The van der Waals surface area contributed by atoms with Crippen LogP contribution in [0.1, 0.15) is 49.5 Å². The molecule has 156 valence electrons. The van der Waals surface area contributed by atoms with Gasteiger partial charge >= 0.3 is 0 Å². The van der Waals surface area contributed by atoms with Crippen molar-refractivity contribution in [2.45, 2.75) is 45.1 Å². The van der Waals surface area contributed by atoms with Gasteiger partial charge in [-0.3, -0.25) is 9.59 Å². The highest BCUT2D eigenvalue weighted by molar-refractivity contribution is 6.04. The maximum atomic E-state index is 13.4. The summed E-state index contributed by atoms with van der Waals surface area (Å²) < 4.78 is 6.81. The van der Waals surface area contributed by atoms with E-state index in [0.717, 1.165) is 31.4 Å². The number of ether oxygens (including phenoxy) is 1. The fourth-order valence-corrected chi connectivity index (χ4v) is 4.17. The summed E-state index contributed by atoms with van der Waals surface area (Å²) in [5.74, 6) is 0.584. The minimum Gasteiger partial charge on any atom is -0.494 e. The van der Waals surface area contributed by atoms with Crippen LogP contribution in [0, 0.1) is 0 Å². The molecule has 2 aromatic carbocycles. The van der Waals surface area contributed by atoms with Crippen LogP contribution in [0.5, 0.6) is 5.75 Å². The van der Waals surface area contributed by atoms with Crippen LogP contribution >= 0.6 is 0 Å². The highest BCUT2D eigenvalue weighted by atomic mass is 16.5. The van der Waals surface area contributed by atoms with Gasteiger partial charge in [-0.1, -0.05) is 37.5 Å². The zero-order valence-electron chi connectivity index (χ0n) is 17.5. The Kier molecular flexibility index (Phi) is 5.84. The van der Waals surface area contributed by atoms with Crippen LogP contribution in [0.3, 0.4) is 0 Å². The molecule has 4 rings (SSSR count). The molecule has 1 aliphatic carbocycles. The van der Waals surface area contributed by atoms with Crippen LogP contribution in [0.25, 0.3) is 16.5 Å². The highest BCUT2D eigenvalue weighted by Crippen LogP contribution is 2.24. The van der Waals surface area contributed by atoms with Gasteiger partial charge in [0.25, 0.3) is 11.5 Å². The number of fused-ring (bicyclic) bond motifs is 1. The van der Waals surface area contributed by atoms with Gasteiger partial charge in [0, 0.05) is 18.5 Å². The Morgan fingerprint density at radius 3 is 2.40 bits per heavy atom. The Morgan fingerprint density at radius 1 is 1.07 bits per heavy atom. The molecule has 6 nitrogen and oxygen atoms in total. The normalized spacial score (nSPS) is 14.6. The quantitative estimate of drug-likeness (QED) is 0.638. The summed E-state index contributed by atoms with van der Waals surface area (Å²) >= 11 is 0. The van der Waals surface area contributed by atoms with Gasteiger partial charge in [0.15, 0.2) is 5.69 Å². The van der Waals surface area contributed by atoms with Crippen molar-refractivity contribution >= 4 is 16.7 Å². The van der Waals surface area contributed by atoms with Crippen LogP contribution in [-0.4, -0.2) is 40.3 Å². The van der Waals surface area contributed by atoms with Crippen LogP contribution in [0.15, 0.2) is 53.3 Å². The van der Waals surface area contributed by atoms with Crippen LogP contribution < -0.4 is 10.3 Å². The molecule has 0 bridgehead atoms. The number of nitrogens with zero attached hydrogens (tertiary/aromatic N) is 3. The van der Waals surface area contributed by atoms with Gasteiger partial charge in [-0.2, -0.15) is 9.78 Å². The first-order valence-electron chi connectivity index (χ1n) is 10.6. The van der Waals surface area contributed by atoms with E-state index in [9.17, 15) is 9.59 Å². The summed E-state index contributed by atoms with van der Waals surface area (Å²) in [5, 5.41) is 5.62. The monoisotopic (exact) mass is 405 g/mol. The number of aromatic nitrogens is 2. The lowest BCUT2D eigenvalue weighted by Crippen LogP contribution is -2.39. The number of carbonyl (C=O) groups excluding carboxylic acids is 1. The van der Waals surface area contributed by atoms with Crippen LogP contribution in [-0.2, 0) is 0 Å². The maximum absolute atomic E-state index is 13.4. The van der Waals surface area contributed by atoms with E-state index >= 15 is 0 Å². The summed E-state index contributed by atoms with van der Waals surface area (Å²) in [5.41, 5.74) is 0.669. The standard InChI is InChI=1S/C24H27N3O3/c1-3-30-19-15-13-18(14-16-19)27-23(28)21-12-8-7-11-20(21)22(25-27)24(29)26(2)17-9-5-4-6-10-17/h7-8,11-17H,3-6,9-10H2,1-2H3. The van der Waals surface area contributed by atoms with Crippen LogP contribution in [0.2, 0.25) is 0 Å². The highest BCUT2D eigenvalue weighted by Gasteiger charge is 2.26. The van der Waals surface area contributed by atoms with Gasteiger partial charge in [-0.05, 0) is 50.1 Å². The maximum Gasteiger partial charge on any atom is 0.279 e. The Balaban J connectivity index is 1.80. The Hall–Kier alpha value is -3.15. The third kappa shape index (κ3) is 3.82. The largest absolute Gasteiger partial charge is 0.494 e. The molecule has 1 amide bonds. The van der Waals surface area contributed by atoms with E-state index in [1.54, 1.807) is 41.3 Å². The van der Waals surface area contributed by atoms with Crippen molar-refractivity contribution in [1.29, 1.82) is 0 Å². The van der Waals surface area contributed by atoms with Gasteiger partial charge in [-0.15, -0.1) is 0 Å². The Morgan fingerprint density at radius 2 is 1.73 bits per heavy atom. The number of amides is 1. The van der Waals surface area contributed by atoms with E-state index in [1.165, 1.54) is 11.1 Å². The van der Waals surface area contributed by atoms with Gasteiger partial charge in [0.05, 0.1) is 17.7 Å². The van der Waals surface area contributed by atoms with E-state index < -0.39 is 0 Å². The van der Waals surface area contributed by atoms with Crippen molar-refractivity contribution in [3.05, 3.63) is 64.6 Å². The average molecular weight is 405 g/mol. The predicted molar refractivity (Wildman–Crippen MR) is 117 cm³/mol. The fraction of sp³-hybridized carbons (Fsp3) is 0.375. The minimum atomic E-state index is -0.244. The molecule has 0 aliphatic heterocycles. The fourth-order valence-electron chi connectivity index (χ4n) is 4.17. The number of rotatable bonds is 5. The molecular formula is C24H27N3O3. The van der Waals surface area contributed by atoms with Crippen molar-refractivity contribution < 1.29 is 9.53 Å². The van der Waals surface area contributed by atoms with Crippen molar-refractivity contribution in [2.75, 3.05) is 13.7 Å². The molecule has 0 N–H and O–H groups in total. The molecular weight excluding hydrogens is 378 g/mol. The van der Waals surface area contributed by atoms with Crippen LogP contribution in [0.4, 0.5) is 0 Å². The molecule has 3 aromatic rings. The first-order valence-corrected chi connectivity index (χ1v) is 10.6. The lowest BCUT2D eigenvalue weighted by Gasteiger charge is -2.31. The smallest absolute Gasteiger partial charge is 0.279 e. The number of benzene rings is 2. The van der Waals surface area contributed by atoms with E-state index in [0.29, 0.717) is 28.8 Å². The second-order valence-corrected chi connectivity index (χ2v) is 7.75. The van der Waals surface area contributed by atoms with E-state index in [-0.39, 0.29) is 17.5 Å². The lowest BCUT2D eigenvalue weighted by molar-refractivity contribution is 0.0690. The van der Waals surface area contributed by atoms with Crippen molar-refractivity contribution in [3.8, 4) is 11.4 Å². The van der Waals surface area contributed by atoms with Crippen molar-refractivity contribution in [1.82, 2.24) is 14.7 Å². The number of hydrogen-bond donors (Lipinski definition) is 0. The third-order valence-electron chi connectivity index (χ3n) is 5.84. The molecule has 0 saturated heterocycles. The molecule has 6 heteroatoms. The summed E-state index contributed by atoms with van der Waals surface area (Å²) in [7, 11) is 1.85. The minimum absolute atomic E-state index is 0.141. The molecule has 1 aliphatic rings. The molecule has 0 spiro atoms. The third-order valence-corrected chi connectivity index (χ3v) is 5.84. The molecule has 1 fully saturated rings. The van der Waals surface area contributed by atoms with Crippen molar-refractivity contribution in [2.24, 2.45) is 0 Å². The zero-order valence-corrected chi connectivity index (χ0v) is 17.5. The Bertz CT molecular complexity index is 1100. The summed E-state index contributed by atoms with van der Waals surface area (Å²) in [6.45, 7) is 2.49. The molecule has 0 unspecified atom stereocenters. The topological polar surface area (TPSA) is 64.4 Å². The van der Waals surface area contributed by atoms with Gasteiger partial charge < -0.3 is 9.64 Å². The number of carbonyl (C=O) groups is 1. The van der Waals surface area contributed by atoms with E-state index in [2.05, 4.69) is 5.10 Å². The second-order valence-electron chi connectivity index (χ2n) is 7.75. The summed E-state index contributed by atoms with van der Waals surface area (Å²) in [6, 6.07) is 14.6.